The zero-order chi connectivity index (χ0) is 13.8. The number of H-pyrrole nitrogens is 1. The third kappa shape index (κ3) is 3.76. The van der Waals surface area contributed by atoms with Crippen LogP contribution in [0.15, 0.2) is 23.4 Å². The van der Waals surface area contributed by atoms with Gasteiger partial charge in [0.2, 0.25) is 17.0 Å². The molecule has 4 N–H and O–H groups in total. The lowest BCUT2D eigenvalue weighted by Crippen LogP contribution is -2.14. The van der Waals surface area contributed by atoms with E-state index in [-0.39, 0.29) is 17.6 Å². The van der Waals surface area contributed by atoms with Crippen LogP contribution < -0.4 is 11.1 Å². The SMILES string of the molecule is Nc1nc(SCC(=O)Nc2c(Cl)cccc2Cl)n[nH]1. The van der Waals surface area contributed by atoms with Crippen LogP contribution in [0.3, 0.4) is 0 Å². The monoisotopic (exact) mass is 317 g/mol. The van der Waals surface area contributed by atoms with Crippen LogP contribution in [0.2, 0.25) is 10.0 Å². The Morgan fingerprint density at radius 2 is 2.11 bits per heavy atom. The lowest BCUT2D eigenvalue weighted by atomic mass is 10.3. The molecule has 0 saturated heterocycles. The highest BCUT2D eigenvalue weighted by Crippen LogP contribution is 2.29. The number of nitrogens with zero attached hydrogens (tertiary/aromatic N) is 2. The summed E-state index contributed by atoms with van der Waals surface area (Å²) in [6, 6.07) is 4.99. The number of nitrogen functional groups attached to an aromatic ring is 1. The fraction of sp³-hybridized carbons (Fsp3) is 0.100. The number of amides is 1. The lowest BCUT2D eigenvalue weighted by Gasteiger charge is -2.08. The lowest BCUT2D eigenvalue weighted by molar-refractivity contribution is -0.113. The quantitative estimate of drug-likeness (QED) is 0.752. The highest BCUT2D eigenvalue weighted by Gasteiger charge is 2.11. The van der Waals surface area contributed by atoms with Crippen molar-refractivity contribution < 1.29 is 4.79 Å². The summed E-state index contributed by atoms with van der Waals surface area (Å²) in [6.45, 7) is 0. The Labute approximate surface area is 123 Å². The number of benzene rings is 1. The van der Waals surface area contributed by atoms with E-state index in [0.29, 0.717) is 20.9 Å². The highest BCUT2D eigenvalue weighted by atomic mass is 35.5. The number of nitrogens with two attached hydrogens (primary N) is 1. The average Bonchev–Trinajstić information content (AvgIpc) is 2.77. The van der Waals surface area contributed by atoms with E-state index in [1.54, 1.807) is 18.2 Å². The number of thioether (sulfide) groups is 1. The van der Waals surface area contributed by atoms with E-state index in [4.69, 9.17) is 28.9 Å². The summed E-state index contributed by atoms with van der Waals surface area (Å²) in [5, 5.41) is 10.1. The van der Waals surface area contributed by atoms with Gasteiger partial charge in [-0.3, -0.25) is 4.79 Å². The van der Waals surface area contributed by atoms with Crippen LogP contribution in [-0.2, 0) is 4.79 Å². The molecule has 0 aliphatic heterocycles. The van der Waals surface area contributed by atoms with Crippen molar-refractivity contribution in [1.29, 1.82) is 0 Å². The Morgan fingerprint density at radius 3 is 2.68 bits per heavy atom. The van der Waals surface area contributed by atoms with Crippen LogP contribution in [0, 0.1) is 0 Å². The zero-order valence-electron chi connectivity index (χ0n) is 9.48. The fourth-order valence-corrected chi connectivity index (χ4v) is 2.34. The summed E-state index contributed by atoms with van der Waals surface area (Å²) < 4.78 is 0. The molecule has 2 aromatic rings. The first-order valence-corrected chi connectivity index (χ1v) is 6.85. The van der Waals surface area contributed by atoms with E-state index < -0.39 is 0 Å². The van der Waals surface area contributed by atoms with Crippen LogP contribution in [0.4, 0.5) is 11.6 Å². The normalized spacial score (nSPS) is 10.4. The van der Waals surface area contributed by atoms with Gasteiger partial charge in [0.25, 0.3) is 0 Å². The molecule has 1 aromatic heterocycles. The molecule has 0 bridgehead atoms. The maximum Gasteiger partial charge on any atom is 0.234 e. The van der Waals surface area contributed by atoms with Crippen molar-refractivity contribution in [3.05, 3.63) is 28.2 Å². The Bertz CT molecular complexity index is 583. The predicted octanol–water partition coefficient (Wildman–Crippen LogP) is 2.42. The van der Waals surface area contributed by atoms with Gasteiger partial charge in [-0.2, -0.15) is 4.98 Å². The molecule has 0 unspecified atom stereocenters. The van der Waals surface area contributed by atoms with E-state index in [1.165, 1.54) is 0 Å². The van der Waals surface area contributed by atoms with Crippen molar-refractivity contribution in [3.63, 3.8) is 0 Å². The van der Waals surface area contributed by atoms with Gasteiger partial charge in [0.15, 0.2) is 0 Å². The molecule has 0 aliphatic rings. The summed E-state index contributed by atoms with van der Waals surface area (Å²) in [7, 11) is 0. The van der Waals surface area contributed by atoms with Gasteiger partial charge in [-0.1, -0.05) is 41.0 Å². The fourth-order valence-electron chi connectivity index (χ4n) is 1.25. The molecule has 1 heterocycles. The summed E-state index contributed by atoms with van der Waals surface area (Å²) in [6.07, 6.45) is 0. The predicted molar refractivity (Wildman–Crippen MR) is 76.6 cm³/mol. The Hall–Kier alpha value is -1.44. The van der Waals surface area contributed by atoms with Crippen LogP contribution in [0.5, 0.6) is 0 Å². The van der Waals surface area contributed by atoms with Crippen molar-refractivity contribution in [1.82, 2.24) is 15.2 Å². The summed E-state index contributed by atoms with van der Waals surface area (Å²) in [4.78, 5) is 15.6. The summed E-state index contributed by atoms with van der Waals surface area (Å²) in [5.74, 6) is 0.0687. The third-order valence-corrected chi connectivity index (χ3v) is 3.52. The number of nitrogens with one attached hydrogen (secondary N) is 2. The van der Waals surface area contributed by atoms with E-state index in [2.05, 4.69) is 20.5 Å². The second kappa shape index (κ2) is 6.14. The number of aromatic amines is 1. The van der Waals surface area contributed by atoms with E-state index in [0.717, 1.165) is 11.8 Å². The molecule has 1 amide bonds. The van der Waals surface area contributed by atoms with Gasteiger partial charge in [-0.05, 0) is 12.1 Å². The van der Waals surface area contributed by atoms with Crippen molar-refractivity contribution >= 4 is 52.5 Å². The van der Waals surface area contributed by atoms with Gasteiger partial charge >= 0.3 is 0 Å². The van der Waals surface area contributed by atoms with E-state index in [9.17, 15) is 4.79 Å². The van der Waals surface area contributed by atoms with Crippen molar-refractivity contribution in [2.45, 2.75) is 5.16 Å². The second-order valence-electron chi connectivity index (χ2n) is 3.44. The smallest absolute Gasteiger partial charge is 0.234 e. The highest BCUT2D eigenvalue weighted by molar-refractivity contribution is 7.99. The van der Waals surface area contributed by atoms with Gasteiger partial charge in [0.1, 0.15) is 0 Å². The molecule has 0 fully saturated rings. The number of carbonyl (C=O) groups is 1. The first-order chi connectivity index (χ1) is 9.06. The maximum absolute atomic E-state index is 11.8. The zero-order valence-corrected chi connectivity index (χ0v) is 11.8. The molecule has 0 aliphatic carbocycles. The largest absolute Gasteiger partial charge is 0.368 e. The number of aromatic nitrogens is 3. The van der Waals surface area contributed by atoms with Gasteiger partial charge in [0, 0.05) is 0 Å². The van der Waals surface area contributed by atoms with Gasteiger partial charge in [-0.25, -0.2) is 5.10 Å². The summed E-state index contributed by atoms with van der Waals surface area (Å²) >= 11 is 13.0. The Kier molecular flexibility index (Phi) is 4.52. The summed E-state index contributed by atoms with van der Waals surface area (Å²) in [5.41, 5.74) is 5.76. The van der Waals surface area contributed by atoms with E-state index >= 15 is 0 Å². The molecule has 1 aromatic carbocycles. The number of hydrogen-bond donors (Lipinski definition) is 3. The van der Waals surface area contributed by atoms with Crippen LogP contribution >= 0.6 is 35.0 Å². The van der Waals surface area contributed by atoms with Crippen LogP contribution in [0.25, 0.3) is 0 Å². The topological polar surface area (TPSA) is 96.7 Å². The molecule has 0 atom stereocenters. The number of carbonyl (C=O) groups excluding carboxylic acids is 1. The molecular weight excluding hydrogens is 309 g/mol. The third-order valence-electron chi connectivity index (χ3n) is 2.04. The molecule has 6 nitrogen and oxygen atoms in total. The molecular formula is C10H9Cl2N5OS. The van der Waals surface area contributed by atoms with Crippen molar-refractivity contribution in [3.8, 4) is 0 Å². The van der Waals surface area contributed by atoms with Gasteiger partial charge < -0.3 is 11.1 Å². The van der Waals surface area contributed by atoms with Crippen molar-refractivity contribution in [2.75, 3.05) is 16.8 Å². The number of anilines is 2. The Morgan fingerprint density at radius 1 is 1.42 bits per heavy atom. The van der Waals surface area contributed by atoms with Crippen LogP contribution in [-0.4, -0.2) is 26.8 Å². The molecule has 9 heteroatoms. The van der Waals surface area contributed by atoms with Crippen LogP contribution in [0.1, 0.15) is 0 Å². The van der Waals surface area contributed by atoms with Gasteiger partial charge in [0.05, 0.1) is 21.5 Å². The van der Waals surface area contributed by atoms with Gasteiger partial charge in [-0.15, -0.1) is 5.10 Å². The second-order valence-corrected chi connectivity index (χ2v) is 5.19. The molecule has 0 radical (unpaired) electrons. The number of para-hydroxylation sites is 1. The first kappa shape index (κ1) is 14.0. The molecule has 19 heavy (non-hydrogen) atoms. The maximum atomic E-state index is 11.8. The minimum atomic E-state index is -0.261. The number of halogens is 2. The number of hydrogen-bond acceptors (Lipinski definition) is 5. The first-order valence-electron chi connectivity index (χ1n) is 5.11. The average molecular weight is 318 g/mol. The minimum absolute atomic E-state index is 0.124. The molecule has 0 saturated carbocycles. The molecule has 100 valence electrons. The standard InChI is InChI=1S/C10H9Cl2N5OS/c11-5-2-1-3-6(12)8(5)14-7(18)4-19-10-15-9(13)16-17-10/h1-3H,4H2,(H,14,18)(H3,13,15,16,17). The van der Waals surface area contributed by atoms with E-state index in [1.807, 2.05) is 0 Å². The minimum Gasteiger partial charge on any atom is -0.368 e. The van der Waals surface area contributed by atoms with Crippen molar-refractivity contribution in [2.24, 2.45) is 0 Å². The molecule has 2 rings (SSSR count). The molecule has 0 spiro atoms. The Balaban J connectivity index is 1.94. The number of rotatable bonds is 4.